The lowest BCUT2D eigenvalue weighted by Gasteiger charge is -2.19. The summed E-state index contributed by atoms with van der Waals surface area (Å²) in [7, 11) is 0. The maximum atomic E-state index is 4.92. The molecule has 26 heavy (non-hydrogen) atoms. The molecule has 0 radical (unpaired) electrons. The summed E-state index contributed by atoms with van der Waals surface area (Å²) in [5.41, 5.74) is 7.77. The standard InChI is InChI=1S/C22H24N4/c1-5-15-8-6-7-9-17(15)19-12-11-18(23-19)16-10-13-21-20(14-16)24-25-26(21)22(2,3)4/h6-10,12-14H,5,11H2,1-4H3. The summed E-state index contributed by atoms with van der Waals surface area (Å²) < 4.78 is 1.98. The molecule has 4 heteroatoms. The van der Waals surface area contributed by atoms with Crippen LogP contribution in [0, 0.1) is 0 Å². The van der Waals surface area contributed by atoms with Gasteiger partial charge in [-0.05, 0) is 50.5 Å². The van der Waals surface area contributed by atoms with Crippen LogP contribution < -0.4 is 0 Å². The second-order valence-electron chi connectivity index (χ2n) is 7.74. The molecule has 0 fully saturated rings. The third kappa shape index (κ3) is 2.85. The molecular weight excluding hydrogens is 320 g/mol. The fraction of sp³-hybridized carbons (Fsp3) is 0.318. The first-order valence-corrected chi connectivity index (χ1v) is 9.19. The summed E-state index contributed by atoms with van der Waals surface area (Å²) in [5.74, 6) is 0. The van der Waals surface area contributed by atoms with E-state index < -0.39 is 0 Å². The van der Waals surface area contributed by atoms with Gasteiger partial charge in [-0.3, -0.25) is 4.99 Å². The van der Waals surface area contributed by atoms with Gasteiger partial charge in [0.1, 0.15) is 5.52 Å². The summed E-state index contributed by atoms with van der Waals surface area (Å²) in [6, 6.07) is 14.9. The fourth-order valence-corrected chi connectivity index (χ4v) is 3.46. The van der Waals surface area contributed by atoms with Crippen molar-refractivity contribution < 1.29 is 0 Å². The van der Waals surface area contributed by atoms with Crippen LogP contribution in [0.4, 0.5) is 0 Å². The van der Waals surface area contributed by atoms with E-state index in [1.54, 1.807) is 0 Å². The zero-order valence-corrected chi connectivity index (χ0v) is 15.8. The molecule has 132 valence electrons. The Kier molecular flexibility index (Phi) is 3.98. The van der Waals surface area contributed by atoms with Crippen molar-refractivity contribution in [2.45, 2.75) is 46.1 Å². The molecule has 0 saturated carbocycles. The average Bonchev–Trinajstić information content (AvgIpc) is 3.27. The average molecular weight is 344 g/mol. The number of rotatable bonds is 3. The van der Waals surface area contributed by atoms with E-state index in [1.165, 1.54) is 11.1 Å². The number of benzene rings is 2. The Hall–Kier alpha value is -2.75. The van der Waals surface area contributed by atoms with Gasteiger partial charge in [0.25, 0.3) is 0 Å². The highest BCUT2D eigenvalue weighted by Gasteiger charge is 2.19. The highest BCUT2D eigenvalue weighted by molar-refractivity contribution is 6.08. The Labute approximate surface area is 154 Å². The van der Waals surface area contributed by atoms with Gasteiger partial charge in [0.2, 0.25) is 0 Å². The van der Waals surface area contributed by atoms with Crippen LogP contribution in [-0.2, 0) is 12.0 Å². The summed E-state index contributed by atoms with van der Waals surface area (Å²) in [4.78, 5) is 4.92. The molecule has 0 spiro atoms. The molecule has 4 rings (SSSR count). The summed E-state index contributed by atoms with van der Waals surface area (Å²) >= 11 is 0. The Bertz CT molecular complexity index is 1030. The third-order valence-electron chi connectivity index (χ3n) is 4.83. The zero-order valence-electron chi connectivity index (χ0n) is 15.8. The molecule has 1 aromatic heterocycles. The number of hydrogen-bond acceptors (Lipinski definition) is 3. The van der Waals surface area contributed by atoms with Crippen molar-refractivity contribution in [2.75, 3.05) is 0 Å². The number of fused-ring (bicyclic) bond motifs is 1. The summed E-state index contributed by atoms with van der Waals surface area (Å²) in [6.45, 7) is 8.60. The van der Waals surface area contributed by atoms with E-state index in [2.05, 4.69) is 86.5 Å². The van der Waals surface area contributed by atoms with Crippen LogP contribution in [0.3, 0.4) is 0 Å². The highest BCUT2D eigenvalue weighted by atomic mass is 15.4. The lowest BCUT2D eigenvalue weighted by atomic mass is 10.0. The number of hydrogen-bond donors (Lipinski definition) is 0. The van der Waals surface area contributed by atoms with Crippen LogP contribution in [0.2, 0.25) is 0 Å². The van der Waals surface area contributed by atoms with Gasteiger partial charge >= 0.3 is 0 Å². The van der Waals surface area contributed by atoms with Crippen molar-refractivity contribution in [3.8, 4) is 0 Å². The molecule has 0 aliphatic carbocycles. The Morgan fingerprint density at radius 3 is 2.65 bits per heavy atom. The SMILES string of the molecule is CCc1ccccc1C1=CCC(c2ccc3c(c2)nnn3C(C)(C)C)=N1. The van der Waals surface area contributed by atoms with E-state index in [0.29, 0.717) is 0 Å². The molecule has 0 amide bonds. The molecule has 2 aromatic carbocycles. The van der Waals surface area contributed by atoms with E-state index in [0.717, 1.165) is 40.8 Å². The molecular formula is C22H24N4. The van der Waals surface area contributed by atoms with Gasteiger partial charge in [0.05, 0.1) is 22.5 Å². The first-order valence-electron chi connectivity index (χ1n) is 9.19. The second-order valence-corrected chi connectivity index (χ2v) is 7.74. The van der Waals surface area contributed by atoms with Gasteiger partial charge in [-0.2, -0.15) is 0 Å². The minimum atomic E-state index is -0.0836. The van der Waals surface area contributed by atoms with Crippen molar-refractivity contribution in [1.29, 1.82) is 0 Å². The van der Waals surface area contributed by atoms with Crippen molar-refractivity contribution >= 4 is 22.4 Å². The molecule has 1 aliphatic heterocycles. The number of aryl methyl sites for hydroxylation is 1. The highest BCUT2D eigenvalue weighted by Crippen LogP contribution is 2.29. The van der Waals surface area contributed by atoms with Crippen LogP contribution >= 0.6 is 0 Å². The van der Waals surface area contributed by atoms with Crippen molar-refractivity contribution in [2.24, 2.45) is 4.99 Å². The fourth-order valence-electron chi connectivity index (χ4n) is 3.46. The maximum Gasteiger partial charge on any atom is 0.113 e. The van der Waals surface area contributed by atoms with Crippen molar-refractivity contribution in [1.82, 2.24) is 15.0 Å². The molecule has 0 unspecified atom stereocenters. The van der Waals surface area contributed by atoms with Crippen LogP contribution in [0.25, 0.3) is 16.7 Å². The van der Waals surface area contributed by atoms with E-state index >= 15 is 0 Å². The number of aliphatic imine (C=N–C) groups is 1. The first kappa shape index (κ1) is 16.7. The molecule has 0 atom stereocenters. The van der Waals surface area contributed by atoms with Crippen LogP contribution in [0.15, 0.2) is 53.5 Å². The van der Waals surface area contributed by atoms with Gasteiger partial charge in [-0.15, -0.1) is 5.10 Å². The number of aromatic nitrogens is 3. The molecule has 4 nitrogen and oxygen atoms in total. The Morgan fingerprint density at radius 2 is 1.88 bits per heavy atom. The predicted octanol–water partition coefficient (Wildman–Crippen LogP) is 4.98. The number of allylic oxidation sites excluding steroid dienone is 1. The van der Waals surface area contributed by atoms with Gasteiger partial charge < -0.3 is 0 Å². The maximum absolute atomic E-state index is 4.92. The van der Waals surface area contributed by atoms with E-state index in [9.17, 15) is 0 Å². The van der Waals surface area contributed by atoms with E-state index in [-0.39, 0.29) is 5.54 Å². The lowest BCUT2D eigenvalue weighted by molar-refractivity contribution is 0.358. The minimum Gasteiger partial charge on any atom is -0.252 e. The van der Waals surface area contributed by atoms with Crippen molar-refractivity contribution in [3.63, 3.8) is 0 Å². The van der Waals surface area contributed by atoms with Crippen LogP contribution in [-0.4, -0.2) is 20.7 Å². The second kappa shape index (κ2) is 6.20. The molecule has 0 N–H and O–H groups in total. The molecule has 2 heterocycles. The monoisotopic (exact) mass is 344 g/mol. The molecule has 3 aromatic rings. The van der Waals surface area contributed by atoms with E-state index in [4.69, 9.17) is 4.99 Å². The predicted molar refractivity (Wildman–Crippen MR) is 107 cm³/mol. The van der Waals surface area contributed by atoms with E-state index in [1.807, 2.05) is 4.68 Å². The zero-order chi connectivity index (χ0) is 18.3. The van der Waals surface area contributed by atoms with Gasteiger partial charge in [0, 0.05) is 12.0 Å². The quantitative estimate of drug-likeness (QED) is 0.672. The molecule has 0 bridgehead atoms. The van der Waals surface area contributed by atoms with Gasteiger partial charge in [-0.25, -0.2) is 4.68 Å². The van der Waals surface area contributed by atoms with Gasteiger partial charge in [-0.1, -0.05) is 48.5 Å². The normalized spacial score (nSPS) is 14.6. The van der Waals surface area contributed by atoms with Gasteiger partial charge in [0.15, 0.2) is 0 Å². The van der Waals surface area contributed by atoms with Crippen LogP contribution in [0.5, 0.6) is 0 Å². The smallest absolute Gasteiger partial charge is 0.113 e. The lowest BCUT2D eigenvalue weighted by Crippen LogP contribution is -2.23. The van der Waals surface area contributed by atoms with Crippen molar-refractivity contribution in [3.05, 3.63) is 65.2 Å². The first-order chi connectivity index (χ1) is 12.5. The largest absolute Gasteiger partial charge is 0.252 e. The number of nitrogens with zero attached hydrogens (tertiary/aromatic N) is 4. The summed E-state index contributed by atoms with van der Waals surface area (Å²) in [6.07, 6.45) is 4.09. The third-order valence-corrected chi connectivity index (χ3v) is 4.83. The molecule has 1 aliphatic rings. The van der Waals surface area contributed by atoms with Crippen LogP contribution in [0.1, 0.15) is 50.8 Å². The summed E-state index contributed by atoms with van der Waals surface area (Å²) in [5, 5.41) is 8.70. The topological polar surface area (TPSA) is 43.1 Å². The minimum absolute atomic E-state index is 0.0836. The Balaban J connectivity index is 1.69. The molecule has 0 saturated heterocycles. The Morgan fingerprint density at radius 1 is 1.08 bits per heavy atom.